The summed E-state index contributed by atoms with van der Waals surface area (Å²) in [6.45, 7) is 11.1. The van der Waals surface area contributed by atoms with Gasteiger partial charge in [-0.2, -0.15) is 0 Å². The molecule has 0 aromatic carbocycles. The Balaban J connectivity index is 1.50. The lowest BCUT2D eigenvalue weighted by Gasteiger charge is -2.45. The van der Waals surface area contributed by atoms with Crippen LogP contribution in [0.2, 0.25) is 5.02 Å². The number of fused-ring (bicyclic) bond motifs is 1. The van der Waals surface area contributed by atoms with Crippen molar-refractivity contribution < 1.29 is 14.4 Å². The molecule has 0 radical (unpaired) electrons. The highest BCUT2D eigenvalue weighted by Crippen LogP contribution is 2.38. The first-order valence-corrected chi connectivity index (χ1v) is 15.7. The molecule has 3 N–H and O–H groups in total. The molecule has 12 nitrogen and oxygen atoms in total. The van der Waals surface area contributed by atoms with E-state index < -0.39 is 12.3 Å². The highest BCUT2D eigenvalue weighted by atomic mass is 35.5. The first-order chi connectivity index (χ1) is 20.7. The predicted molar refractivity (Wildman–Crippen MR) is 164 cm³/mol. The first-order valence-electron chi connectivity index (χ1n) is 15.3. The fourth-order valence-electron chi connectivity index (χ4n) is 6.76. The monoisotopic (exact) mass is 609 g/mol. The minimum atomic E-state index is -0.630. The summed E-state index contributed by atoms with van der Waals surface area (Å²) in [5.41, 5.74) is 6.39. The Morgan fingerprint density at radius 2 is 1.84 bits per heavy atom. The third-order valence-electron chi connectivity index (χ3n) is 8.87. The Kier molecular flexibility index (Phi) is 8.32. The lowest BCUT2D eigenvalue weighted by Crippen LogP contribution is -2.60. The minimum Gasteiger partial charge on any atom is -0.351 e. The summed E-state index contributed by atoms with van der Waals surface area (Å²) < 4.78 is 2.33. The normalized spacial score (nSPS) is 26.0. The van der Waals surface area contributed by atoms with E-state index in [4.69, 9.17) is 26.4 Å². The fourth-order valence-corrected chi connectivity index (χ4v) is 6.94. The number of piperazine rings is 1. The van der Waals surface area contributed by atoms with Crippen LogP contribution in [0, 0.1) is 11.8 Å². The van der Waals surface area contributed by atoms with Gasteiger partial charge in [0.25, 0.3) is 0 Å². The molecule has 6 rings (SSSR count). The molecule has 3 aromatic heterocycles. The topological polar surface area (TPSA) is 130 Å². The number of imidazole rings is 1. The molecule has 3 aromatic rings. The van der Waals surface area contributed by atoms with E-state index in [0.717, 1.165) is 47.8 Å². The lowest BCUT2D eigenvalue weighted by molar-refractivity contribution is 0.121. The van der Waals surface area contributed by atoms with Gasteiger partial charge in [0, 0.05) is 56.2 Å². The molecule has 3 amide bonds. The van der Waals surface area contributed by atoms with Crippen LogP contribution in [0.5, 0.6) is 0 Å². The molecule has 1 saturated carbocycles. The zero-order valence-corrected chi connectivity index (χ0v) is 25.9. The zero-order chi connectivity index (χ0) is 30.2. The van der Waals surface area contributed by atoms with Crippen LogP contribution in [-0.4, -0.2) is 68.3 Å². The van der Waals surface area contributed by atoms with Gasteiger partial charge in [-0.1, -0.05) is 31.4 Å². The molecule has 3 fully saturated rings. The van der Waals surface area contributed by atoms with Gasteiger partial charge in [0.2, 0.25) is 5.95 Å². The first kappa shape index (κ1) is 29.4. The molecule has 13 heteroatoms. The molecule has 2 aliphatic heterocycles. The standard InChI is InChI=1S/C30H40ClN9O3/c1-5-33-29(41)38-14-18(3)40(19(4)15-38)28-35-23-11-24(27-36-30(42)43-37-27)34-25(21-10-22(31)13-32-12-21)26(23)39(28)16-20-8-6-17(2)7-9-20/h10-13,17-20,27,37H,5-9,14-16H2,1-4H3,(H,33,41)(H,36,42)/t17?,18-,19-,20?,27?/m1/s1. The molecular formula is C30H40ClN9O3. The molecule has 43 heavy (non-hydrogen) atoms. The van der Waals surface area contributed by atoms with Crippen LogP contribution >= 0.6 is 11.6 Å². The Morgan fingerprint density at radius 3 is 2.49 bits per heavy atom. The molecule has 5 heterocycles. The molecule has 1 unspecified atom stereocenters. The van der Waals surface area contributed by atoms with E-state index in [1.807, 2.05) is 24.0 Å². The average Bonchev–Trinajstić information content (AvgIpc) is 3.57. The second kappa shape index (κ2) is 12.2. The van der Waals surface area contributed by atoms with Crippen LogP contribution in [-0.2, 0) is 11.4 Å². The molecule has 2 saturated heterocycles. The van der Waals surface area contributed by atoms with E-state index >= 15 is 0 Å². The molecule has 230 valence electrons. The van der Waals surface area contributed by atoms with E-state index in [0.29, 0.717) is 42.0 Å². The maximum atomic E-state index is 12.7. The van der Waals surface area contributed by atoms with Gasteiger partial charge in [-0.3, -0.25) is 10.3 Å². The van der Waals surface area contributed by atoms with Gasteiger partial charge < -0.3 is 24.5 Å². The number of hydrogen-bond donors (Lipinski definition) is 3. The fraction of sp³-hybridized carbons (Fsp3) is 0.567. The molecule has 0 spiro atoms. The number of hydrogen-bond acceptors (Lipinski definition) is 8. The number of hydroxylamine groups is 1. The quantitative estimate of drug-likeness (QED) is 0.362. The van der Waals surface area contributed by atoms with Crippen molar-refractivity contribution in [3.63, 3.8) is 0 Å². The number of urea groups is 1. The van der Waals surface area contributed by atoms with E-state index in [1.165, 1.54) is 12.8 Å². The summed E-state index contributed by atoms with van der Waals surface area (Å²) in [6.07, 6.45) is 6.90. The average molecular weight is 610 g/mol. The third-order valence-corrected chi connectivity index (χ3v) is 9.08. The maximum Gasteiger partial charge on any atom is 0.427 e. The highest BCUT2D eigenvalue weighted by molar-refractivity contribution is 6.30. The van der Waals surface area contributed by atoms with Crippen LogP contribution in [0.3, 0.4) is 0 Å². The van der Waals surface area contributed by atoms with Gasteiger partial charge in [-0.25, -0.2) is 19.6 Å². The van der Waals surface area contributed by atoms with Crippen molar-refractivity contribution in [3.8, 4) is 11.3 Å². The van der Waals surface area contributed by atoms with Crippen molar-refractivity contribution >= 4 is 40.7 Å². The van der Waals surface area contributed by atoms with E-state index in [-0.39, 0.29) is 18.1 Å². The summed E-state index contributed by atoms with van der Waals surface area (Å²) in [5.74, 6) is 2.11. The number of carbonyl (C=O) groups excluding carboxylic acids is 2. The third kappa shape index (κ3) is 5.95. The summed E-state index contributed by atoms with van der Waals surface area (Å²) in [5, 5.41) is 6.20. The van der Waals surface area contributed by atoms with E-state index in [9.17, 15) is 9.59 Å². The Labute approximate surface area is 256 Å². The second-order valence-corrected chi connectivity index (χ2v) is 12.7. The number of carbonyl (C=O) groups is 2. The summed E-state index contributed by atoms with van der Waals surface area (Å²) >= 11 is 6.42. The van der Waals surface area contributed by atoms with Crippen molar-refractivity contribution in [2.75, 3.05) is 24.5 Å². The van der Waals surface area contributed by atoms with E-state index in [1.54, 1.807) is 12.4 Å². The Morgan fingerprint density at radius 1 is 1.09 bits per heavy atom. The van der Waals surface area contributed by atoms with Crippen molar-refractivity contribution in [3.05, 3.63) is 35.2 Å². The zero-order valence-electron chi connectivity index (χ0n) is 25.1. The van der Waals surface area contributed by atoms with Gasteiger partial charge in [0.1, 0.15) is 0 Å². The minimum absolute atomic E-state index is 0.0289. The molecule has 3 atom stereocenters. The maximum absolute atomic E-state index is 12.7. The molecule has 0 bridgehead atoms. The molecular weight excluding hydrogens is 570 g/mol. The van der Waals surface area contributed by atoms with Crippen molar-refractivity contribution in [2.45, 2.75) is 78.2 Å². The van der Waals surface area contributed by atoms with Gasteiger partial charge in [-0.05, 0) is 57.6 Å². The number of halogens is 1. The molecule has 1 aliphatic carbocycles. The van der Waals surface area contributed by atoms with Crippen LogP contribution in [0.1, 0.15) is 65.2 Å². The van der Waals surface area contributed by atoms with E-state index in [2.05, 4.69) is 51.3 Å². The van der Waals surface area contributed by atoms with Crippen LogP contribution in [0.25, 0.3) is 22.3 Å². The van der Waals surface area contributed by atoms with Crippen LogP contribution in [0.4, 0.5) is 15.5 Å². The number of pyridine rings is 2. The largest absolute Gasteiger partial charge is 0.427 e. The van der Waals surface area contributed by atoms with Gasteiger partial charge in [0.05, 0.1) is 27.4 Å². The summed E-state index contributed by atoms with van der Waals surface area (Å²) in [6, 6.07) is 3.78. The number of amides is 3. The van der Waals surface area contributed by atoms with Gasteiger partial charge in [0.15, 0.2) is 6.17 Å². The number of rotatable bonds is 6. The number of aromatic nitrogens is 4. The highest BCUT2D eigenvalue weighted by Gasteiger charge is 2.36. The lowest BCUT2D eigenvalue weighted by atomic mass is 9.83. The SMILES string of the molecule is CCNC(=O)N1C[C@@H](C)N(c2nc3cc(C4NOC(=O)N4)nc(-c4cncc(Cl)c4)c3n2CC2CCC(C)CC2)[C@H](C)C1. The molecule has 3 aliphatic rings. The van der Waals surface area contributed by atoms with Crippen LogP contribution < -0.4 is 21.0 Å². The van der Waals surface area contributed by atoms with Crippen molar-refractivity contribution in [2.24, 2.45) is 11.8 Å². The smallest absolute Gasteiger partial charge is 0.351 e. The van der Waals surface area contributed by atoms with Gasteiger partial charge in [-0.15, -0.1) is 5.48 Å². The summed E-state index contributed by atoms with van der Waals surface area (Å²) in [4.78, 5) is 48.5. The Hall–Kier alpha value is -3.64. The van der Waals surface area contributed by atoms with Crippen LogP contribution in [0.15, 0.2) is 24.5 Å². The van der Waals surface area contributed by atoms with Gasteiger partial charge >= 0.3 is 12.1 Å². The number of nitrogens with zero attached hydrogens (tertiary/aromatic N) is 6. The van der Waals surface area contributed by atoms with Crippen molar-refractivity contribution in [1.82, 2.24) is 40.5 Å². The second-order valence-electron chi connectivity index (χ2n) is 12.2. The number of nitrogens with one attached hydrogen (secondary N) is 3. The summed E-state index contributed by atoms with van der Waals surface area (Å²) in [7, 11) is 0. The predicted octanol–water partition coefficient (Wildman–Crippen LogP) is 4.84. The van der Waals surface area contributed by atoms with Crippen molar-refractivity contribution in [1.29, 1.82) is 0 Å². The number of anilines is 1. The Bertz CT molecular complexity index is 1490.